The van der Waals surface area contributed by atoms with Gasteiger partial charge in [-0.1, -0.05) is 29.3 Å². The minimum Gasteiger partial charge on any atom is -0.321 e. The molecule has 0 aliphatic carbocycles. The summed E-state index contributed by atoms with van der Waals surface area (Å²) in [6.45, 7) is 1.36. The van der Waals surface area contributed by atoms with Crippen LogP contribution in [0.25, 0.3) is 0 Å². The van der Waals surface area contributed by atoms with Crippen LogP contribution in [0.2, 0.25) is 10.0 Å². The molecule has 108 valence electrons. The Labute approximate surface area is 131 Å². The highest BCUT2D eigenvalue weighted by Crippen LogP contribution is 2.29. The van der Waals surface area contributed by atoms with Crippen LogP contribution in [0.3, 0.4) is 0 Å². The largest absolute Gasteiger partial charge is 0.321 e. The number of carbonyl (C=O) groups is 2. The van der Waals surface area contributed by atoms with Crippen molar-refractivity contribution >= 4 is 46.5 Å². The number of carbonyl (C=O) groups excluding carboxylic acids is 2. The summed E-state index contributed by atoms with van der Waals surface area (Å²) in [6.07, 6.45) is 1.43. The molecule has 2 amide bonds. The zero-order valence-corrected chi connectivity index (χ0v) is 12.5. The molecule has 0 bridgehead atoms. The highest BCUT2D eigenvalue weighted by Gasteiger charge is 2.11. The molecule has 0 unspecified atom stereocenters. The van der Waals surface area contributed by atoms with Gasteiger partial charge >= 0.3 is 0 Å². The standard InChI is InChI=1S/C14H11Cl2N3O2/c1-8(20)18-12-7-9(5-6-17-12)14(21)19-11-4-2-3-10(15)13(11)16/h2-7H,1H3,(H,19,21)(H,17,18,20). The van der Waals surface area contributed by atoms with Crippen LogP contribution in [-0.2, 0) is 4.79 Å². The van der Waals surface area contributed by atoms with Gasteiger partial charge in [0.05, 0.1) is 15.7 Å². The van der Waals surface area contributed by atoms with Crippen molar-refractivity contribution in [2.75, 3.05) is 10.6 Å². The molecule has 7 heteroatoms. The Morgan fingerprint density at radius 3 is 2.62 bits per heavy atom. The Morgan fingerprint density at radius 1 is 1.14 bits per heavy atom. The first-order valence-electron chi connectivity index (χ1n) is 5.96. The van der Waals surface area contributed by atoms with E-state index in [1.54, 1.807) is 18.2 Å². The maximum atomic E-state index is 12.2. The molecule has 2 rings (SSSR count). The van der Waals surface area contributed by atoms with Crippen LogP contribution in [0, 0.1) is 0 Å². The number of anilines is 2. The van der Waals surface area contributed by atoms with E-state index in [2.05, 4.69) is 15.6 Å². The summed E-state index contributed by atoms with van der Waals surface area (Å²) in [7, 11) is 0. The maximum Gasteiger partial charge on any atom is 0.255 e. The van der Waals surface area contributed by atoms with Gasteiger partial charge in [-0.05, 0) is 24.3 Å². The molecular weight excluding hydrogens is 313 g/mol. The first-order chi connectivity index (χ1) is 9.97. The second-order valence-electron chi connectivity index (χ2n) is 4.17. The average molecular weight is 324 g/mol. The van der Waals surface area contributed by atoms with Gasteiger partial charge in [-0.15, -0.1) is 0 Å². The average Bonchev–Trinajstić information content (AvgIpc) is 2.43. The van der Waals surface area contributed by atoms with Gasteiger partial charge in [0, 0.05) is 18.7 Å². The van der Waals surface area contributed by atoms with E-state index < -0.39 is 0 Å². The third kappa shape index (κ3) is 3.93. The Kier molecular flexibility index (Phi) is 4.77. The minimum absolute atomic E-state index is 0.266. The third-order valence-electron chi connectivity index (χ3n) is 2.53. The number of aromatic nitrogens is 1. The number of benzene rings is 1. The van der Waals surface area contributed by atoms with Crippen molar-refractivity contribution in [3.05, 3.63) is 52.1 Å². The summed E-state index contributed by atoms with van der Waals surface area (Å²) in [5, 5.41) is 5.78. The molecule has 0 saturated carbocycles. The highest BCUT2D eigenvalue weighted by molar-refractivity contribution is 6.44. The van der Waals surface area contributed by atoms with E-state index in [9.17, 15) is 9.59 Å². The fourth-order valence-corrected chi connectivity index (χ4v) is 1.96. The molecule has 0 aliphatic rings. The molecule has 0 saturated heterocycles. The van der Waals surface area contributed by atoms with E-state index in [1.165, 1.54) is 25.3 Å². The van der Waals surface area contributed by atoms with Gasteiger partial charge in [0.15, 0.2) is 0 Å². The molecule has 1 aromatic heterocycles. The summed E-state index contributed by atoms with van der Waals surface area (Å²) in [5.41, 5.74) is 0.747. The van der Waals surface area contributed by atoms with Crippen molar-refractivity contribution in [2.24, 2.45) is 0 Å². The van der Waals surface area contributed by atoms with Gasteiger partial charge in [-0.2, -0.15) is 0 Å². The summed E-state index contributed by atoms with van der Waals surface area (Å²) in [6, 6.07) is 7.94. The van der Waals surface area contributed by atoms with Crippen LogP contribution in [0.4, 0.5) is 11.5 Å². The summed E-state index contributed by atoms with van der Waals surface area (Å²) in [5.74, 6) is -0.349. The van der Waals surface area contributed by atoms with Crippen LogP contribution >= 0.6 is 23.2 Å². The number of hydrogen-bond donors (Lipinski definition) is 2. The predicted molar refractivity (Wildman–Crippen MR) is 83.0 cm³/mol. The van der Waals surface area contributed by atoms with Crippen molar-refractivity contribution in [3.8, 4) is 0 Å². The minimum atomic E-state index is -0.381. The number of rotatable bonds is 3. The molecule has 0 spiro atoms. The molecule has 5 nitrogen and oxygen atoms in total. The summed E-state index contributed by atoms with van der Waals surface area (Å²) < 4.78 is 0. The van der Waals surface area contributed by atoms with E-state index in [0.29, 0.717) is 22.1 Å². The molecule has 0 aliphatic heterocycles. The second-order valence-corrected chi connectivity index (χ2v) is 4.95. The fourth-order valence-electron chi connectivity index (χ4n) is 1.62. The molecule has 21 heavy (non-hydrogen) atoms. The number of hydrogen-bond acceptors (Lipinski definition) is 3. The lowest BCUT2D eigenvalue weighted by Gasteiger charge is -2.09. The Morgan fingerprint density at radius 2 is 1.90 bits per heavy atom. The maximum absolute atomic E-state index is 12.2. The van der Waals surface area contributed by atoms with Crippen LogP contribution in [-0.4, -0.2) is 16.8 Å². The molecular formula is C14H11Cl2N3O2. The third-order valence-corrected chi connectivity index (χ3v) is 3.34. The fraction of sp³-hybridized carbons (Fsp3) is 0.0714. The van der Waals surface area contributed by atoms with E-state index in [0.717, 1.165) is 0 Å². The van der Waals surface area contributed by atoms with E-state index in [-0.39, 0.29) is 16.8 Å². The molecule has 1 heterocycles. The number of nitrogens with one attached hydrogen (secondary N) is 2. The number of nitrogens with zero attached hydrogens (tertiary/aromatic N) is 1. The van der Waals surface area contributed by atoms with Crippen LogP contribution in [0.1, 0.15) is 17.3 Å². The predicted octanol–water partition coefficient (Wildman–Crippen LogP) is 3.60. The first-order valence-corrected chi connectivity index (χ1v) is 6.72. The monoisotopic (exact) mass is 323 g/mol. The molecule has 0 fully saturated rings. The number of halogens is 2. The lowest BCUT2D eigenvalue weighted by Crippen LogP contribution is -2.14. The van der Waals surface area contributed by atoms with Crippen molar-refractivity contribution in [1.29, 1.82) is 0 Å². The lowest BCUT2D eigenvalue weighted by molar-refractivity contribution is -0.114. The Bertz CT molecular complexity index is 704. The SMILES string of the molecule is CC(=O)Nc1cc(C(=O)Nc2cccc(Cl)c2Cl)ccn1. The molecule has 2 aromatic rings. The highest BCUT2D eigenvalue weighted by atomic mass is 35.5. The van der Waals surface area contributed by atoms with Crippen LogP contribution < -0.4 is 10.6 Å². The smallest absolute Gasteiger partial charge is 0.255 e. The molecule has 0 atom stereocenters. The molecule has 2 N–H and O–H groups in total. The normalized spacial score (nSPS) is 10.0. The van der Waals surface area contributed by atoms with Crippen molar-refractivity contribution in [1.82, 2.24) is 4.98 Å². The Hall–Kier alpha value is -2.11. The quantitative estimate of drug-likeness (QED) is 0.906. The topological polar surface area (TPSA) is 71.1 Å². The lowest BCUT2D eigenvalue weighted by atomic mass is 10.2. The second kappa shape index (κ2) is 6.56. The molecule has 0 radical (unpaired) electrons. The zero-order valence-electron chi connectivity index (χ0n) is 11.0. The Balaban J connectivity index is 2.20. The van der Waals surface area contributed by atoms with Crippen LogP contribution in [0.15, 0.2) is 36.5 Å². The van der Waals surface area contributed by atoms with Gasteiger partial charge in [0.25, 0.3) is 5.91 Å². The summed E-state index contributed by atoms with van der Waals surface area (Å²) in [4.78, 5) is 27.1. The van der Waals surface area contributed by atoms with E-state index in [1.807, 2.05) is 0 Å². The van der Waals surface area contributed by atoms with Gasteiger partial charge in [-0.3, -0.25) is 9.59 Å². The van der Waals surface area contributed by atoms with E-state index in [4.69, 9.17) is 23.2 Å². The molecule has 1 aromatic carbocycles. The summed E-state index contributed by atoms with van der Waals surface area (Å²) >= 11 is 11.9. The van der Waals surface area contributed by atoms with E-state index >= 15 is 0 Å². The van der Waals surface area contributed by atoms with Crippen LogP contribution in [0.5, 0.6) is 0 Å². The van der Waals surface area contributed by atoms with Crippen molar-refractivity contribution in [2.45, 2.75) is 6.92 Å². The number of pyridine rings is 1. The number of amides is 2. The van der Waals surface area contributed by atoms with Gasteiger partial charge in [-0.25, -0.2) is 4.98 Å². The van der Waals surface area contributed by atoms with Crippen molar-refractivity contribution < 1.29 is 9.59 Å². The van der Waals surface area contributed by atoms with Gasteiger partial charge < -0.3 is 10.6 Å². The van der Waals surface area contributed by atoms with Gasteiger partial charge in [0.2, 0.25) is 5.91 Å². The van der Waals surface area contributed by atoms with Gasteiger partial charge in [0.1, 0.15) is 5.82 Å². The zero-order chi connectivity index (χ0) is 15.4. The van der Waals surface area contributed by atoms with Crippen molar-refractivity contribution in [3.63, 3.8) is 0 Å². The first kappa shape index (κ1) is 15.3.